The van der Waals surface area contributed by atoms with Gasteiger partial charge in [-0.25, -0.2) is 4.79 Å². The van der Waals surface area contributed by atoms with Crippen LogP contribution in [0.15, 0.2) is 0 Å². The molecule has 0 aromatic heterocycles. The van der Waals surface area contributed by atoms with Crippen LogP contribution in [0.5, 0.6) is 0 Å². The Kier molecular flexibility index (Phi) is 5.91. The van der Waals surface area contributed by atoms with Crippen LogP contribution < -0.4 is 10.6 Å². The summed E-state index contributed by atoms with van der Waals surface area (Å²) in [5, 5.41) is 5.88. The van der Waals surface area contributed by atoms with Crippen LogP contribution in [0.25, 0.3) is 0 Å². The average molecular weight is 257 g/mol. The molecular formula is C12H23N3O3. The van der Waals surface area contributed by atoms with E-state index in [1.165, 1.54) is 0 Å². The molecule has 0 saturated carbocycles. The minimum Gasteiger partial charge on any atom is -0.450 e. The molecule has 1 heterocycles. The topological polar surface area (TPSA) is 70.7 Å². The van der Waals surface area contributed by atoms with E-state index in [0.29, 0.717) is 19.7 Å². The second-order valence-electron chi connectivity index (χ2n) is 4.46. The van der Waals surface area contributed by atoms with Crippen molar-refractivity contribution in [1.82, 2.24) is 15.5 Å². The lowest BCUT2D eigenvalue weighted by atomic mass is 10.0. The molecule has 0 bridgehead atoms. The number of rotatable bonds is 4. The van der Waals surface area contributed by atoms with Gasteiger partial charge in [-0.15, -0.1) is 0 Å². The van der Waals surface area contributed by atoms with E-state index in [9.17, 15) is 9.59 Å². The lowest BCUT2D eigenvalue weighted by Gasteiger charge is -2.32. The maximum Gasteiger partial charge on any atom is 0.409 e. The summed E-state index contributed by atoms with van der Waals surface area (Å²) in [6, 6.07) is 0.0807. The lowest BCUT2D eigenvalue weighted by molar-refractivity contribution is -0.122. The first-order valence-corrected chi connectivity index (χ1v) is 6.47. The second kappa shape index (κ2) is 7.20. The predicted octanol–water partition coefficient (Wildman–Crippen LogP) is 0.331. The van der Waals surface area contributed by atoms with Gasteiger partial charge in [0.15, 0.2) is 0 Å². The van der Waals surface area contributed by atoms with Crippen molar-refractivity contribution < 1.29 is 14.3 Å². The van der Waals surface area contributed by atoms with Gasteiger partial charge in [0.2, 0.25) is 5.91 Å². The largest absolute Gasteiger partial charge is 0.450 e. The van der Waals surface area contributed by atoms with E-state index in [1.807, 2.05) is 6.92 Å². The fraction of sp³-hybridized carbons (Fsp3) is 0.833. The zero-order chi connectivity index (χ0) is 13.5. The first-order chi connectivity index (χ1) is 8.58. The summed E-state index contributed by atoms with van der Waals surface area (Å²) in [5.74, 6) is -0.0113. The first-order valence-electron chi connectivity index (χ1n) is 6.47. The molecule has 1 atom stereocenters. The zero-order valence-electron chi connectivity index (χ0n) is 11.4. The van der Waals surface area contributed by atoms with Gasteiger partial charge >= 0.3 is 6.09 Å². The molecule has 0 aromatic carbocycles. The number of ether oxygens (including phenoxy) is 1. The average Bonchev–Trinajstić information content (AvgIpc) is 2.38. The molecule has 1 aliphatic rings. The second-order valence-corrected chi connectivity index (χ2v) is 4.46. The van der Waals surface area contributed by atoms with Gasteiger partial charge in [-0.1, -0.05) is 0 Å². The molecule has 0 aromatic rings. The summed E-state index contributed by atoms with van der Waals surface area (Å²) < 4.78 is 4.96. The molecule has 0 radical (unpaired) electrons. The van der Waals surface area contributed by atoms with Crippen molar-refractivity contribution in [3.8, 4) is 0 Å². The number of carbonyl (C=O) groups excluding carboxylic acids is 2. The summed E-state index contributed by atoms with van der Waals surface area (Å²) in [4.78, 5) is 24.6. The molecular weight excluding hydrogens is 234 g/mol. The molecule has 1 fully saturated rings. The molecule has 0 aliphatic carbocycles. The Morgan fingerprint density at radius 1 is 1.39 bits per heavy atom. The highest BCUT2D eigenvalue weighted by molar-refractivity contribution is 5.80. The van der Waals surface area contributed by atoms with E-state index < -0.39 is 0 Å². The Morgan fingerprint density at radius 3 is 2.50 bits per heavy atom. The van der Waals surface area contributed by atoms with Gasteiger partial charge in [0.1, 0.15) is 0 Å². The van der Waals surface area contributed by atoms with Crippen molar-refractivity contribution in [2.75, 3.05) is 26.7 Å². The maximum absolute atomic E-state index is 11.5. The summed E-state index contributed by atoms with van der Waals surface area (Å²) >= 11 is 0. The number of hydrogen-bond acceptors (Lipinski definition) is 4. The van der Waals surface area contributed by atoms with Crippen LogP contribution in [0.2, 0.25) is 0 Å². The highest BCUT2D eigenvalue weighted by Crippen LogP contribution is 2.12. The van der Waals surface area contributed by atoms with Gasteiger partial charge < -0.3 is 20.3 Å². The quantitative estimate of drug-likeness (QED) is 0.761. The van der Waals surface area contributed by atoms with Gasteiger partial charge in [-0.2, -0.15) is 0 Å². The number of likely N-dealkylation sites (N-methyl/N-ethyl adjacent to an activating group) is 1. The third-order valence-corrected chi connectivity index (χ3v) is 3.15. The van der Waals surface area contributed by atoms with Crippen molar-refractivity contribution in [1.29, 1.82) is 0 Å². The van der Waals surface area contributed by atoms with E-state index in [4.69, 9.17) is 4.74 Å². The summed E-state index contributed by atoms with van der Waals surface area (Å²) in [7, 11) is 1.63. The van der Waals surface area contributed by atoms with Crippen LogP contribution in [0.4, 0.5) is 4.79 Å². The molecule has 1 saturated heterocycles. The SMILES string of the molecule is CCOC(=O)N1CCC(NC(C)C(=O)NC)CC1. The van der Waals surface area contributed by atoms with Crippen LogP contribution in [0, 0.1) is 0 Å². The number of piperidine rings is 1. The first kappa shape index (κ1) is 14.8. The van der Waals surface area contributed by atoms with Gasteiger partial charge in [0.05, 0.1) is 12.6 Å². The van der Waals surface area contributed by atoms with Crippen molar-refractivity contribution in [3.63, 3.8) is 0 Å². The van der Waals surface area contributed by atoms with Crippen molar-refractivity contribution in [3.05, 3.63) is 0 Å². The standard InChI is InChI=1S/C12H23N3O3/c1-4-18-12(17)15-7-5-10(6-8-15)14-9(2)11(16)13-3/h9-10,14H,4-8H2,1-3H3,(H,13,16). The molecule has 0 spiro atoms. The van der Waals surface area contributed by atoms with Gasteiger partial charge in [0.25, 0.3) is 0 Å². The number of amides is 2. The summed E-state index contributed by atoms with van der Waals surface area (Å²) in [6.07, 6.45) is 1.45. The Labute approximate surface area is 108 Å². The van der Waals surface area contributed by atoms with Crippen LogP contribution >= 0.6 is 0 Å². The Bertz CT molecular complexity index is 288. The molecule has 18 heavy (non-hydrogen) atoms. The number of carbonyl (C=O) groups is 2. The van der Waals surface area contributed by atoms with Crippen LogP contribution in [-0.4, -0.2) is 55.7 Å². The van der Waals surface area contributed by atoms with E-state index >= 15 is 0 Å². The normalized spacial score (nSPS) is 18.3. The number of nitrogens with zero attached hydrogens (tertiary/aromatic N) is 1. The maximum atomic E-state index is 11.5. The zero-order valence-corrected chi connectivity index (χ0v) is 11.4. The van der Waals surface area contributed by atoms with Gasteiger partial charge in [-0.3, -0.25) is 4.79 Å². The van der Waals surface area contributed by atoms with Crippen LogP contribution in [-0.2, 0) is 9.53 Å². The molecule has 1 aliphatic heterocycles. The van der Waals surface area contributed by atoms with Crippen LogP contribution in [0.1, 0.15) is 26.7 Å². The Balaban J connectivity index is 2.31. The van der Waals surface area contributed by atoms with E-state index in [2.05, 4.69) is 10.6 Å². The number of nitrogens with one attached hydrogen (secondary N) is 2. The molecule has 2 amide bonds. The molecule has 104 valence electrons. The minimum absolute atomic E-state index is 0.0113. The fourth-order valence-corrected chi connectivity index (χ4v) is 2.09. The Hall–Kier alpha value is -1.30. The number of likely N-dealkylation sites (tertiary alicyclic amines) is 1. The summed E-state index contributed by atoms with van der Waals surface area (Å²) in [6.45, 7) is 5.41. The minimum atomic E-state index is -0.240. The smallest absolute Gasteiger partial charge is 0.409 e. The summed E-state index contributed by atoms with van der Waals surface area (Å²) in [5.41, 5.74) is 0. The van der Waals surface area contributed by atoms with Gasteiger partial charge in [0, 0.05) is 26.2 Å². The van der Waals surface area contributed by atoms with Gasteiger partial charge in [-0.05, 0) is 26.7 Å². The highest BCUT2D eigenvalue weighted by atomic mass is 16.6. The fourth-order valence-electron chi connectivity index (χ4n) is 2.09. The third-order valence-electron chi connectivity index (χ3n) is 3.15. The molecule has 6 nitrogen and oxygen atoms in total. The molecule has 2 N–H and O–H groups in total. The number of hydrogen-bond donors (Lipinski definition) is 2. The monoisotopic (exact) mass is 257 g/mol. The van der Waals surface area contributed by atoms with E-state index in [1.54, 1.807) is 18.9 Å². The van der Waals surface area contributed by atoms with Crippen molar-refractivity contribution in [2.24, 2.45) is 0 Å². The Morgan fingerprint density at radius 2 is 2.00 bits per heavy atom. The lowest BCUT2D eigenvalue weighted by Crippen LogP contribution is -2.50. The van der Waals surface area contributed by atoms with Crippen LogP contribution in [0.3, 0.4) is 0 Å². The molecule has 6 heteroatoms. The highest BCUT2D eigenvalue weighted by Gasteiger charge is 2.25. The van der Waals surface area contributed by atoms with Crippen molar-refractivity contribution in [2.45, 2.75) is 38.8 Å². The van der Waals surface area contributed by atoms with E-state index in [0.717, 1.165) is 12.8 Å². The molecule has 1 rings (SSSR count). The molecule has 1 unspecified atom stereocenters. The van der Waals surface area contributed by atoms with Crippen molar-refractivity contribution >= 4 is 12.0 Å². The third kappa shape index (κ3) is 4.18. The predicted molar refractivity (Wildman–Crippen MR) is 68.3 cm³/mol. The van der Waals surface area contributed by atoms with E-state index in [-0.39, 0.29) is 24.1 Å².